The molecule has 0 saturated heterocycles. The molecular formula is C33H27F3N8O2. The first-order valence-corrected chi connectivity index (χ1v) is 14.2. The SMILES string of the molecule is CCNc1ccn2ncc(-c3ccc(Oc4ncc(NC(=O)Nc5cc(C(F)(F)F)ccc5-c5cccc(C)c5)cn4)cc3)c2n1. The largest absolute Gasteiger partial charge is 0.424 e. The summed E-state index contributed by atoms with van der Waals surface area (Å²) < 4.78 is 47.8. The van der Waals surface area contributed by atoms with Crippen LogP contribution in [-0.4, -0.2) is 37.1 Å². The maximum atomic E-state index is 13.5. The van der Waals surface area contributed by atoms with Crippen molar-refractivity contribution >= 4 is 28.9 Å². The van der Waals surface area contributed by atoms with Gasteiger partial charge in [0.1, 0.15) is 11.6 Å². The van der Waals surface area contributed by atoms with Crippen molar-refractivity contribution in [1.82, 2.24) is 24.6 Å². The third kappa shape index (κ3) is 6.73. The Hall–Kier alpha value is -5.98. The van der Waals surface area contributed by atoms with Crippen LogP contribution in [0.5, 0.6) is 11.8 Å². The van der Waals surface area contributed by atoms with Gasteiger partial charge in [-0.25, -0.2) is 24.3 Å². The van der Waals surface area contributed by atoms with Crippen LogP contribution in [0.25, 0.3) is 27.9 Å². The van der Waals surface area contributed by atoms with Crippen molar-refractivity contribution in [3.8, 4) is 34.0 Å². The zero-order valence-corrected chi connectivity index (χ0v) is 24.6. The maximum absolute atomic E-state index is 13.5. The molecule has 0 radical (unpaired) electrons. The highest BCUT2D eigenvalue weighted by molar-refractivity contribution is 6.02. The van der Waals surface area contributed by atoms with Gasteiger partial charge in [-0.1, -0.05) is 48.0 Å². The zero-order valence-electron chi connectivity index (χ0n) is 24.6. The molecule has 0 aliphatic carbocycles. The van der Waals surface area contributed by atoms with Crippen LogP contribution in [0.2, 0.25) is 0 Å². The first-order valence-electron chi connectivity index (χ1n) is 14.2. The standard InChI is InChI=1S/C33H27F3N8O2/c1-3-37-29-13-14-44-30(43-29)27(19-40-44)21-7-10-25(11-8-21)46-32-38-17-24(18-39-32)41-31(45)42-28-16-23(33(34,35)36)9-12-26(28)22-6-4-5-20(2)15-22/h4-19H,3H2,1-2H3,(H,37,43)(H2,41,42,45). The highest BCUT2D eigenvalue weighted by atomic mass is 19.4. The van der Waals surface area contributed by atoms with Crippen molar-refractivity contribution in [1.29, 1.82) is 0 Å². The number of halogens is 3. The molecule has 0 unspecified atom stereocenters. The van der Waals surface area contributed by atoms with E-state index in [0.29, 0.717) is 22.5 Å². The van der Waals surface area contributed by atoms with Crippen LogP contribution in [0.4, 0.5) is 35.2 Å². The fraction of sp³-hybridized carbons (Fsp3) is 0.121. The molecule has 2 amide bonds. The molecule has 3 N–H and O–H groups in total. The Morgan fingerprint density at radius 3 is 2.39 bits per heavy atom. The number of nitrogens with one attached hydrogen (secondary N) is 3. The minimum absolute atomic E-state index is 0.000197. The van der Waals surface area contributed by atoms with Crippen LogP contribution < -0.4 is 20.7 Å². The molecule has 0 bridgehead atoms. The van der Waals surface area contributed by atoms with Crippen molar-refractivity contribution < 1.29 is 22.7 Å². The highest BCUT2D eigenvalue weighted by Crippen LogP contribution is 2.36. The Labute approximate surface area is 261 Å². The lowest BCUT2D eigenvalue weighted by molar-refractivity contribution is -0.137. The van der Waals surface area contributed by atoms with Crippen molar-refractivity contribution in [2.45, 2.75) is 20.0 Å². The number of anilines is 3. The van der Waals surface area contributed by atoms with E-state index in [0.717, 1.165) is 41.2 Å². The summed E-state index contributed by atoms with van der Waals surface area (Å²) >= 11 is 0. The van der Waals surface area contributed by atoms with E-state index in [2.05, 4.69) is 36.0 Å². The summed E-state index contributed by atoms with van der Waals surface area (Å²) in [6, 6.07) is 18.9. The van der Waals surface area contributed by atoms with Crippen molar-refractivity contribution in [3.05, 3.63) is 109 Å². The number of aromatic nitrogens is 5. The van der Waals surface area contributed by atoms with Crippen molar-refractivity contribution in [2.24, 2.45) is 0 Å². The lowest BCUT2D eigenvalue weighted by Gasteiger charge is -2.16. The number of alkyl halides is 3. The van der Waals surface area contributed by atoms with Gasteiger partial charge in [0.2, 0.25) is 0 Å². The van der Waals surface area contributed by atoms with E-state index in [-0.39, 0.29) is 17.4 Å². The molecule has 0 fully saturated rings. The van der Waals surface area contributed by atoms with E-state index in [1.165, 1.54) is 18.5 Å². The number of aryl methyl sites for hydroxylation is 1. The van der Waals surface area contributed by atoms with E-state index in [9.17, 15) is 18.0 Å². The number of rotatable bonds is 8. The Morgan fingerprint density at radius 2 is 1.67 bits per heavy atom. The van der Waals surface area contributed by atoms with Crippen LogP contribution >= 0.6 is 0 Å². The van der Waals surface area contributed by atoms with Crippen LogP contribution in [0.3, 0.4) is 0 Å². The molecule has 3 heterocycles. The molecule has 10 nitrogen and oxygen atoms in total. The second kappa shape index (κ2) is 12.6. The quantitative estimate of drug-likeness (QED) is 0.157. The minimum atomic E-state index is -4.58. The second-order valence-corrected chi connectivity index (χ2v) is 10.3. The van der Waals surface area contributed by atoms with Crippen LogP contribution in [0.15, 0.2) is 97.6 Å². The lowest BCUT2D eigenvalue weighted by atomic mass is 9.99. The monoisotopic (exact) mass is 624 g/mol. The third-order valence-electron chi connectivity index (χ3n) is 6.91. The Morgan fingerprint density at radius 1 is 0.891 bits per heavy atom. The van der Waals surface area contributed by atoms with Gasteiger partial charge in [0.05, 0.1) is 35.5 Å². The molecule has 3 aromatic heterocycles. The molecule has 0 atom stereocenters. The number of hydrogen-bond acceptors (Lipinski definition) is 7. The maximum Gasteiger partial charge on any atom is 0.416 e. The summed E-state index contributed by atoms with van der Waals surface area (Å²) in [4.78, 5) is 25.7. The summed E-state index contributed by atoms with van der Waals surface area (Å²) in [5.41, 5.74) is 3.80. The normalized spacial score (nSPS) is 11.3. The molecule has 0 aliphatic heterocycles. The number of benzene rings is 3. The number of nitrogens with zero attached hydrogens (tertiary/aromatic N) is 5. The van der Waals surface area contributed by atoms with Crippen LogP contribution in [0, 0.1) is 6.92 Å². The van der Waals surface area contributed by atoms with E-state index in [1.807, 2.05) is 50.4 Å². The smallest absolute Gasteiger partial charge is 0.416 e. The average Bonchev–Trinajstić information content (AvgIpc) is 3.45. The van der Waals surface area contributed by atoms with Crippen molar-refractivity contribution in [2.75, 3.05) is 22.5 Å². The molecule has 46 heavy (non-hydrogen) atoms. The van der Waals surface area contributed by atoms with Gasteiger partial charge in [-0.15, -0.1) is 0 Å². The lowest BCUT2D eigenvalue weighted by Crippen LogP contribution is -2.20. The fourth-order valence-electron chi connectivity index (χ4n) is 4.77. The summed E-state index contributed by atoms with van der Waals surface area (Å²) in [6.07, 6.45) is 1.67. The topological polar surface area (TPSA) is 118 Å². The molecule has 232 valence electrons. The summed E-state index contributed by atoms with van der Waals surface area (Å²) in [5, 5.41) is 12.6. The highest BCUT2D eigenvalue weighted by Gasteiger charge is 2.31. The zero-order chi connectivity index (χ0) is 32.3. The predicted molar refractivity (Wildman–Crippen MR) is 169 cm³/mol. The number of hydrogen-bond donors (Lipinski definition) is 3. The summed E-state index contributed by atoms with van der Waals surface area (Å²) in [5.74, 6) is 1.24. The van der Waals surface area contributed by atoms with E-state index in [4.69, 9.17) is 4.74 Å². The van der Waals surface area contributed by atoms with Gasteiger partial charge < -0.3 is 20.7 Å². The van der Waals surface area contributed by atoms with Crippen LogP contribution in [-0.2, 0) is 6.18 Å². The van der Waals surface area contributed by atoms with Gasteiger partial charge in [0.25, 0.3) is 0 Å². The number of fused-ring (bicyclic) bond motifs is 1. The van der Waals surface area contributed by atoms with Gasteiger partial charge in [0.15, 0.2) is 5.65 Å². The minimum Gasteiger partial charge on any atom is -0.424 e. The first-order chi connectivity index (χ1) is 22.2. The molecule has 0 spiro atoms. The number of urea groups is 1. The Bertz CT molecular complexity index is 2010. The second-order valence-electron chi connectivity index (χ2n) is 10.3. The molecule has 6 rings (SSSR count). The third-order valence-corrected chi connectivity index (χ3v) is 6.91. The van der Waals surface area contributed by atoms with Gasteiger partial charge >= 0.3 is 18.2 Å². The molecular weight excluding hydrogens is 597 g/mol. The molecule has 0 aliphatic rings. The molecule has 0 saturated carbocycles. The molecule has 3 aromatic carbocycles. The fourth-order valence-corrected chi connectivity index (χ4v) is 4.77. The van der Waals surface area contributed by atoms with E-state index in [1.54, 1.807) is 35.0 Å². The first kappa shape index (κ1) is 30.1. The number of ether oxygens (including phenoxy) is 1. The number of carbonyl (C=O) groups is 1. The van der Waals surface area contributed by atoms with Crippen LogP contribution in [0.1, 0.15) is 18.1 Å². The Balaban J connectivity index is 1.13. The molecule has 6 aromatic rings. The van der Waals surface area contributed by atoms with E-state index < -0.39 is 17.8 Å². The predicted octanol–water partition coefficient (Wildman–Crippen LogP) is 8.05. The van der Waals surface area contributed by atoms with Gasteiger partial charge in [-0.05, 0) is 55.3 Å². The average molecular weight is 625 g/mol. The summed E-state index contributed by atoms with van der Waals surface area (Å²) in [6.45, 7) is 4.62. The van der Waals surface area contributed by atoms with Crippen molar-refractivity contribution in [3.63, 3.8) is 0 Å². The summed E-state index contributed by atoms with van der Waals surface area (Å²) in [7, 11) is 0. The van der Waals surface area contributed by atoms with Gasteiger partial charge in [-0.2, -0.15) is 18.3 Å². The number of carbonyl (C=O) groups excluding carboxylic acids is 1. The van der Waals surface area contributed by atoms with E-state index >= 15 is 0 Å². The van der Waals surface area contributed by atoms with Gasteiger partial charge in [-0.3, -0.25) is 0 Å². The molecule has 13 heteroatoms. The number of amides is 2. The Kier molecular flexibility index (Phi) is 8.21. The van der Waals surface area contributed by atoms with Gasteiger partial charge in [0, 0.05) is 23.9 Å².